The summed E-state index contributed by atoms with van der Waals surface area (Å²) in [6, 6.07) is 12.7. The maximum atomic E-state index is 13.4. The van der Waals surface area contributed by atoms with Crippen LogP contribution in [0.3, 0.4) is 0 Å². The van der Waals surface area contributed by atoms with Crippen molar-refractivity contribution >= 4 is 29.1 Å². The molecule has 2 amide bonds. The van der Waals surface area contributed by atoms with Crippen LogP contribution < -0.4 is 16.2 Å². The smallest absolute Gasteiger partial charge is 0.267 e. The first-order chi connectivity index (χ1) is 14.9. The summed E-state index contributed by atoms with van der Waals surface area (Å²) in [6.07, 6.45) is 2.98. The number of carbonyl (C=O) groups is 2. The number of amides is 2. The van der Waals surface area contributed by atoms with Crippen LogP contribution in [0, 0.1) is 5.82 Å². The van der Waals surface area contributed by atoms with Gasteiger partial charge in [-0.05, 0) is 31.0 Å². The molecule has 31 heavy (non-hydrogen) atoms. The third-order valence-electron chi connectivity index (χ3n) is 4.74. The molecule has 0 aliphatic heterocycles. The third kappa shape index (κ3) is 4.80. The lowest BCUT2D eigenvalue weighted by Gasteiger charge is -2.14. The number of nitrogens with one attached hydrogen (secondary N) is 2. The number of rotatable bonds is 6. The lowest BCUT2D eigenvalue weighted by atomic mass is 10.2. The molecule has 0 spiro atoms. The van der Waals surface area contributed by atoms with E-state index in [1.807, 2.05) is 6.07 Å². The van der Waals surface area contributed by atoms with E-state index in [0.29, 0.717) is 5.56 Å². The van der Waals surface area contributed by atoms with E-state index in [2.05, 4.69) is 15.6 Å². The topological polar surface area (TPSA) is 93.1 Å². The SMILES string of the molecule is O=C(Cn1c(-c2ccccc2)ncc(C(=O)NC2CC2)c1=O)Nc1ccc(F)c(Cl)c1. The van der Waals surface area contributed by atoms with Crippen LogP contribution in [0.1, 0.15) is 23.2 Å². The summed E-state index contributed by atoms with van der Waals surface area (Å²) in [5.74, 6) is -1.43. The van der Waals surface area contributed by atoms with Crippen LogP contribution >= 0.6 is 11.6 Å². The molecule has 1 fully saturated rings. The molecule has 9 heteroatoms. The number of carbonyl (C=O) groups excluding carboxylic acids is 2. The molecule has 158 valence electrons. The Kier molecular flexibility index (Phi) is 5.81. The van der Waals surface area contributed by atoms with E-state index in [9.17, 15) is 18.8 Å². The lowest BCUT2D eigenvalue weighted by molar-refractivity contribution is -0.116. The maximum absolute atomic E-state index is 13.4. The molecular weight excluding hydrogens is 423 g/mol. The van der Waals surface area contributed by atoms with Crippen molar-refractivity contribution in [3.63, 3.8) is 0 Å². The van der Waals surface area contributed by atoms with Gasteiger partial charge in [0.1, 0.15) is 23.7 Å². The van der Waals surface area contributed by atoms with E-state index < -0.39 is 29.7 Å². The van der Waals surface area contributed by atoms with Crippen molar-refractivity contribution in [3.8, 4) is 11.4 Å². The fourth-order valence-corrected chi connectivity index (χ4v) is 3.20. The highest BCUT2D eigenvalue weighted by molar-refractivity contribution is 6.31. The molecule has 4 rings (SSSR count). The van der Waals surface area contributed by atoms with E-state index >= 15 is 0 Å². The van der Waals surface area contributed by atoms with Crippen molar-refractivity contribution in [3.05, 3.63) is 81.5 Å². The average molecular weight is 441 g/mol. The fourth-order valence-electron chi connectivity index (χ4n) is 3.02. The summed E-state index contributed by atoms with van der Waals surface area (Å²) >= 11 is 5.75. The Hall–Kier alpha value is -3.52. The molecule has 2 N–H and O–H groups in total. The molecule has 0 unspecified atom stereocenters. The Bertz CT molecular complexity index is 1210. The highest BCUT2D eigenvalue weighted by Crippen LogP contribution is 2.21. The monoisotopic (exact) mass is 440 g/mol. The molecule has 7 nitrogen and oxygen atoms in total. The van der Waals surface area contributed by atoms with Gasteiger partial charge in [-0.15, -0.1) is 0 Å². The minimum Gasteiger partial charge on any atom is -0.349 e. The van der Waals surface area contributed by atoms with Gasteiger partial charge >= 0.3 is 0 Å². The van der Waals surface area contributed by atoms with Gasteiger partial charge in [0.05, 0.1) is 5.02 Å². The van der Waals surface area contributed by atoms with Crippen LogP contribution in [-0.4, -0.2) is 27.4 Å². The summed E-state index contributed by atoms with van der Waals surface area (Å²) in [5.41, 5.74) is 0.135. The normalized spacial score (nSPS) is 13.0. The number of halogens is 2. The van der Waals surface area contributed by atoms with Crippen molar-refractivity contribution in [1.29, 1.82) is 0 Å². The summed E-state index contributed by atoms with van der Waals surface area (Å²) in [7, 11) is 0. The third-order valence-corrected chi connectivity index (χ3v) is 5.03. The zero-order chi connectivity index (χ0) is 22.0. The first-order valence-corrected chi connectivity index (χ1v) is 10.0. The number of benzene rings is 2. The van der Waals surface area contributed by atoms with Crippen LogP contribution in [0.5, 0.6) is 0 Å². The second kappa shape index (κ2) is 8.69. The Morgan fingerprint density at radius 1 is 1.16 bits per heavy atom. The molecule has 1 aliphatic rings. The van der Waals surface area contributed by atoms with Crippen LogP contribution in [0.15, 0.2) is 59.5 Å². The largest absolute Gasteiger partial charge is 0.349 e. The molecule has 2 aromatic carbocycles. The summed E-state index contributed by atoms with van der Waals surface area (Å²) in [6.45, 7) is -0.393. The molecule has 3 aromatic rings. The number of aromatic nitrogens is 2. The number of anilines is 1. The van der Waals surface area contributed by atoms with Crippen LogP contribution in [0.4, 0.5) is 10.1 Å². The highest BCUT2D eigenvalue weighted by atomic mass is 35.5. The second-order valence-corrected chi connectivity index (χ2v) is 7.58. The van der Waals surface area contributed by atoms with Gasteiger partial charge in [-0.25, -0.2) is 9.37 Å². The number of hydrogen-bond donors (Lipinski definition) is 2. The Morgan fingerprint density at radius 3 is 2.58 bits per heavy atom. The molecule has 0 atom stereocenters. The lowest BCUT2D eigenvalue weighted by Crippen LogP contribution is -2.37. The van der Waals surface area contributed by atoms with E-state index in [-0.39, 0.29) is 28.1 Å². The standard InChI is InChI=1S/C22H18ClFN4O3/c23-17-10-15(8-9-18(17)24)26-19(29)12-28-20(13-4-2-1-3-5-13)25-11-16(22(28)31)21(30)27-14-6-7-14/h1-5,8-11,14H,6-7,12H2,(H,26,29)(H,27,30). The Morgan fingerprint density at radius 2 is 1.90 bits per heavy atom. The second-order valence-electron chi connectivity index (χ2n) is 7.18. The van der Waals surface area contributed by atoms with E-state index in [4.69, 9.17) is 11.6 Å². The zero-order valence-corrected chi connectivity index (χ0v) is 17.0. The predicted octanol–water partition coefficient (Wildman–Crippen LogP) is 3.23. The summed E-state index contributed by atoms with van der Waals surface area (Å²) in [5, 5.41) is 5.20. The molecule has 0 bridgehead atoms. The van der Waals surface area contributed by atoms with Gasteiger partial charge in [0, 0.05) is 23.5 Å². The summed E-state index contributed by atoms with van der Waals surface area (Å²) in [4.78, 5) is 42.5. The average Bonchev–Trinajstić information content (AvgIpc) is 3.56. The highest BCUT2D eigenvalue weighted by Gasteiger charge is 2.26. The van der Waals surface area contributed by atoms with Crippen molar-refractivity contribution in [2.24, 2.45) is 0 Å². The van der Waals surface area contributed by atoms with Crippen molar-refractivity contribution in [2.75, 3.05) is 5.32 Å². The van der Waals surface area contributed by atoms with Crippen molar-refractivity contribution in [1.82, 2.24) is 14.9 Å². The van der Waals surface area contributed by atoms with Gasteiger partial charge < -0.3 is 10.6 Å². The first kappa shape index (κ1) is 20.7. The van der Waals surface area contributed by atoms with Gasteiger partial charge in [0.15, 0.2) is 0 Å². The molecule has 0 radical (unpaired) electrons. The molecule has 1 heterocycles. The van der Waals surface area contributed by atoms with Gasteiger partial charge in [-0.2, -0.15) is 0 Å². The van der Waals surface area contributed by atoms with Gasteiger partial charge in [-0.3, -0.25) is 19.0 Å². The van der Waals surface area contributed by atoms with E-state index in [1.54, 1.807) is 24.3 Å². The Balaban J connectivity index is 1.67. The van der Waals surface area contributed by atoms with Gasteiger partial charge in [0.25, 0.3) is 11.5 Å². The van der Waals surface area contributed by atoms with E-state index in [1.165, 1.54) is 18.3 Å². The quantitative estimate of drug-likeness (QED) is 0.615. The minimum atomic E-state index is -0.626. The maximum Gasteiger partial charge on any atom is 0.267 e. The molecule has 0 saturated heterocycles. The van der Waals surface area contributed by atoms with Gasteiger partial charge in [-0.1, -0.05) is 41.9 Å². The summed E-state index contributed by atoms with van der Waals surface area (Å²) < 4.78 is 14.5. The number of hydrogen-bond acceptors (Lipinski definition) is 4. The number of nitrogens with zero attached hydrogens (tertiary/aromatic N) is 2. The molecule has 1 saturated carbocycles. The van der Waals surface area contributed by atoms with Gasteiger partial charge in [0.2, 0.25) is 5.91 Å². The van der Waals surface area contributed by atoms with Crippen molar-refractivity contribution in [2.45, 2.75) is 25.4 Å². The zero-order valence-electron chi connectivity index (χ0n) is 16.3. The first-order valence-electron chi connectivity index (χ1n) is 9.63. The Labute approximate surface area is 181 Å². The fraction of sp³-hybridized carbons (Fsp3) is 0.182. The molecule has 1 aliphatic carbocycles. The van der Waals surface area contributed by atoms with E-state index in [0.717, 1.165) is 23.5 Å². The van der Waals surface area contributed by atoms with Crippen molar-refractivity contribution < 1.29 is 14.0 Å². The van der Waals surface area contributed by atoms with Crippen LogP contribution in [-0.2, 0) is 11.3 Å². The van der Waals surface area contributed by atoms with Crippen LogP contribution in [0.2, 0.25) is 5.02 Å². The molecule has 1 aromatic heterocycles. The predicted molar refractivity (Wildman–Crippen MR) is 114 cm³/mol. The van der Waals surface area contributed by atoms with Crippen LogP contribution in [0.25, 0.3) is 11.4 Å². The molecular formula is C22H18ClFN4O3. The minimum absolute atomic E-state index is 0.0701.